The number of alkyl halides is 3. The van der Waals surface area contributed by atoms with Crippen LogP contribution in [0.3, 0.4) is 0 Å². The van der Waals surface area contributed by atoms with E-state index in [9.17, 15) is 26.4 Å². The van der Waals surface area contributed by atoms with Crippen molar-refractivity contribution < 1.29 is 36.3 Å². The molecule has 0 aliphatic carbocycles. The molecule has 1 fully saturated rings. The number of amides is 1. The summed E-state index contributed by atoms with van der Waals surface area (Å²) in [6.07, 6.45) is -2.79. The highest BCUT2D eigenvalue weighted by atomic mass is 32.2. The Bertz CT molecular complexity index is 1050. The van der Waals surface area contributed by atoms with E-state index in [2.05, 4.69) is 10.2 Å². The van der Waals surface area contributed by atoms with Crippen LogP contribution in [0.5, 0.6) is 0 Å². The number of sulfonamides is 1. The average Bonchev–Trinajstić information content (AvgIpc) is 3.26. The number of nitrogens with one attached hydrogen (secondary N) is 1. The van der Waals surface area contributed by atoms with E-state index in [1.165, 1.54) is 12.1 Å². The summed E-state index contributed by atoms with van der Waals surface area (Å²) in [6.45, 7) is 2.26. The number of rotatable bonds is 5. The molecule has 0 saturated carbocycles. The predicted molar refractivity (Wildman–Crippen MR) is 111 cm³/mol. The number of carbonyl (C=O) groups excluding carboxylic acids is 1. The van der Waals surface area contributed by atoms with Gasteiger partial charge in [-0.15, -0.1) is 0 Å². The molecule has 0 unspecified atom stereocenters. The van der Waals surface area contributed by atoms with Crippen LogP contribution in [-0.2, 0) is 21.4 Å². The SMILES string of the molecule is NS(=O)(=O)c1ccc(CNC(=O)c2ccccc2N2CCCC2)cc1.O=C(O)C(F)(F)F. The zero-order valence-electron chi connectivity index (χ0n) is 16.8. The van der Waals surface area contributed by atoms with Gasteiger partial charge in [0.25, 0.3) is 5.91 Å². The number of para-hydroxylation sites is 1. The van der Waals surface area contributed by atoms with E-state index in [-0.39, 0.29) is 10.8 Å². The molecule has 174 valence electrons. The molecule has 1 heterocycles. The number of nitrogens with zero attached hydrogens (tertiary/aromatic N) is 1. The van der Waals surface area contributed by atoms with Crippen molar-refractivity contribution in [2.24, 2.45) is 5.14 Å². The van der Waals surface area contributed by atoms with E-state index in [0.717, 1.165) is 37.2 Å². The first-order chi connectivity index (χ1) is 14.9. The van der Waals surface area contributed by atoms with Crippen molar-refractivity contribution >= 4 is 27.6 Å². The second-order valence-electron chi connectivity index (χ2n) is 6.89. The van der Waals surface area contributed by atoms with Crippen LogP contribution in [0.1, 0.15) is 28.8 Å². The molecule has 0 atom stereocenters. The van der Waals surface area contributed by atoms with Crippen LogP contribution < -0.4 is 15.4 Å². The average molecular weight is 473 g/mol. The number of carbonyl (C=O) groups is 2. The topological polar surface area (TPSA) is 130 Å². The summed E-state index contributed by atoms with van der Waals surface area (Å²) in [5, 5.41) is 15.1. The van der Waals surface area contributed by atoms with E-state index >= 15 is 0 Å². The maximum atomic E-state index is 12.6. The lowest BCUT2D eigenvalue weighted by atomic mass is 10.1. The van der Waals surface area contributed by atoms with Crippen LogP contribution in [0.2, 0.25) is 0 Å². The van der Waals surface area contributed by atoms with Gasteiger partial charge in [0.1, 0.15) is 0 Å². The lowest BCUT2D eigenvalue weighted by Gasteiger charge is -2.20. The standard InChI is InChI=1S/C18H21N3O3S.C2HF3O2/c19-25(23,24)15-9-7-14(8-10-15)13-20-18(22)16-5-1-2-6-17(16)21-11-3-4-12-21;3-2(4,5)1(6)7/h1-2,5-10H,3-4,11-13H2,(H,20,22)(H2,19,23,24);(H,6,7). The quantitative estimate of drug-likeness (QED) is 0.612. The Hall–Kier alpha value is -3.12. The molecule has 1 aliphatic heterocycles. The molecule has 0 spiro atoms. The molecule has 1 aliphatic rings. The maximum absolute atomic E-state index is 12.6. The van der Waals surface area contributed by atoms with Crippen molar-refractivity contribution in [3.63, 3.8) is 0 Å². The smallest absolute Gasteiger partial charge is 0.475 e. The van der Waals surface area contributed by atoms with Crippen molar-refractivity contribution in [1.29, 1.82) is 0 Å². The molecule has 0 aromatic heterocycles. The summed E-state index contributed by atoms with van der Waals surface area (Å²) in [5.41, 5.74) is 2.42. The summed E-state index contributed by atoms with van der Waals surface area (Å²) in [4.78, 5) is 23.8. The molecular weight excluding hydrogens is 451 g/mol. The second-order valence-corrected chi connectivity index (χ2v) is 8.45. The van der Waals surface area contributed by atoms with Gasteiger partial charge in [-0.1, -0.05) is 24.3 Å². The molecular formula is C20H22F3N3O5S. The van der Waals surface area contributed by atoms with Crippen LogP contribution in [0.4, 0.5) is 18.9 Å². The highest BCUT2D eigenvalue weighted by Gasteiger charge is 2.38. The molecule has 2 aromatic carbocycles. The Morgan fingerprint density at radius 2 is 1.56 bits per heavy atom. The maximum Gasteiger partial charge on any atom is 0.490 e. The normalized spacial score (nSPS) is 13.8. The van der Waals surface area contributed by atoms with Gasteiger partial charge in [0, 0.05) is 25.3 Å². The van der Waals surface area contributed by atoms with Crippen LogP contribution in [0.15, 0.2) is 53.4 Å². The van der Waals surface area contributed by atoms with Crippen molar-refractivity contribution in [3.8, 4) is 0 Å². The monoisotopic (exact) mass is 473 g/mol. The van der Waals surface area contributed by atoms with Gasteiger partial charge < -0.3 is 15.3 Å². The summed E-state index contributed by atoms with van der Waals surface area (Å²) < 4.78 is 54.3. The minimum atomic E-state index is -5.08. The van der Waals surface area contributed by atoms with Gasteiger partial charge in [0.15, 0.2) is 0 Å². The van der Waals surface area contributed by atoms with Crippen molar-refractivity contribution in [2.75, 3.05) is 18.0 Å². The van der Waals surface area contributed by atoms with Gasteiger partial charge in [-0.3, -0.25) is 4.79 Å². The van der Waals surface area contributed by atoms with Crippen LogP contribution in [0.25, 0.3) is 0 Å². The van der Waals surface area contributed by atoms with E-state index in [1.807, 2.05) is 24.3 Å². The molecule has 0 radical (unpaired) electrons. The zero-order chi connectivity index (χ0) is 23.9. The summed E-state index contributed by atoms with van der Waals surface area (Å²) in [5.74, 6) is -2.90. The van der Waals surface area contributed by atoms with E-state index < -0.39 is 22.2 Å². The van der Waals surface area contributed by atoms with Crippen molar-refractivity contribution in [2.45, 2.75) is 30.5 Å². The summed E-state index contributed by atoms with van der Waals surface area (Å²) >= 11 is 0. The predicted octanol–water partition coefficient (Wildman–Crippen LogP) is 2.50. The highest BCUT2D eigenvalue weighted by molar-refractivity contribution is 7.89. The second kappa shape index (κ2) is 10.5. The van der Waals surface area contributed by atoms with Gasteiger partial charge in [0.05, 0.1) is 10.5 Å². The molecule has 3 rings (SSSR count). The zero-order valence-corrected chi connectivity index (χ0v) is 17.6. The van der Waals surface area contributed by atoms with Gasteiger partial charge in [-0.05, 0) is 42.7 Å². The third kappa shape index (κ3) is 7.24. The number of hydrogen-bond donors (Lipinski definition) is 3. The Balaban J connectivity index is 0.000000451. The number of hydrogen-bond acceptors (Lipinski definition) is 5. The fourth-order valence-corrected chi connectivity index (χ4v) is 3.49. The van der Waals surface area contributed by atoms with Crippen LogP contribution in [0, 0.1) is 0 Å². The molecule has 12 heteroatoms. The minimum absolute atomic E-state index is 0.0574. The summed E-state index contributed by atoms with van der Waals surface area (Å²) in [7, 11) is -3.70. The fourth-order valence-electron chi connectivity index (χ4n) is 2.97. The molecule has 0 bridgehead atoms. The first kappa shape index (κ1) is 25.1. The molecule has 1 amide bonds. The van der Waals surface area contributed by atoms with Crippen molar-refractivity contribution in [3.05, 3.63) is 59.7 Å². The Kier molecular flexibility index (Phi) is 8.22. The number of carboxylic acid groups (broad SMARTS) is 1. The number of halogens is 3. The Labute approximate surface area is 182 Å². The number of nitrogens with two attached hydrogens (primary N) is 1. The lowest BCUT2D eigenvalue weighted by Crippen LogP contribution is -2.27. The first-order valence-electron chi connectivity index (χ1n) is 9.43. The van der Waals surface area contributed by atoms with Crippen molar-refractivity contribution in [1.82, 2.24) is 5.32 Å². The number of aliphatic carboxylic acids is 1. The lowest BCUT2D eigenvalue weighted by molar-refractivity contribution is -0.192. The molecule has 4 N–H and O–H groups in total. The highest BCUT2D eigenvalue weighted by Crippen LogP contribution is 2.24. The fraction of sp³-hybridized carbons (Fsp3) is 0.300. The number of benzene rings is 2. The van der Waals surface area contributed by atoms with Crippen LogP contribution >= 0.6 is 0 Å². The Morgan fingerprint density at radius 1 is 1.03 bits per heavy atom. The van der Waals surface area contributed by atoms with E-state index in [1.54, 1.807) is 12.1 Å². The number of anilines is 1. The largest absolute Gasteiger partial charge is 0.490 e. The molecule has 2 aromatic rings. The molecule has 8 nitrogen and oxygen atoms in total. The van der Waals surface area contributed by atoms with Gasteiger partial charge in [-0.2, -0.15) is 13.2 Å². The number of primary sulfonamides is 1. The van der Waals surface area contributed by atoms with Gasteiger partial charge in [0.2, 0.25) is 10.0 Å². The third-order valence-electron chi connectivity index (χ3n) is 4.54. The Morgan fingerprint density at radius 3 is 2.06 bits per heavy atom. The van der Waals surface area contributed by atoms with E-state index in [4.69, 9.17) is 15.0 Å². The van der Waals surface area contributed by atoms with Gasteiger partial charge in [-0.25, -0.2) is 18.4 Å². The minimum Gasteiger partial charge on any atom is -0.475 e. The van der Waals surface area contributed by atoms with Crippen LogP contribution in [-0.4, -0.2) is 44.7 Å². The third-order valence-corrected chi connectivity index (χ3v) is 5.47. The first-order valence-corrected chi connectivity index (χ1v) is 11.0. The van der Waals surface area contributed by atoms with E-state index in [0.29, 0.717) is 12.1 Å². The molecule has 32 heavy (non-hydrogen) atoms. The number of carboxylic acids is 1. The molecule has 1 saturated heterocycles. The summed E-state index contributed by atoms with van der Waals surface area (Å²) in [6, 6.07) is 13.8. The van der Waals surface area contributed by atoms with Gasteiger partial charge >= 0.3 is 12.1 Å².